The van der Waals surface area contributed by atoms with E-state index < -0.39 is 11.8 Å². The van der Waals surface area contributed by atoms with Gasteiger partial charge in [0.25, 0.3) is 11.8 Å². The molecule has 2 aromatic carbocycles. The van der Waals surface area contributed by atoms with Gasteiger partial charge in [0.2, 0.25) is 0 Å². The lowest BCUT2D eigenvalue weighted by molar-refractivity contribution is -0.120. The van der Waals surface area contributed by atoms with Crippen LogP contribution < -0.4 is 29.7 Å². The summed E-state index contributed by atoms with van der Waals surface area (Å²) in [4.78, 5) is 24.3. The molecule has 2 rings (SSSR count). The predicted molar refractivity (Wildman–Crippen MR) is 121 cm³/mol. The van der Waals surface area contributed by atoms with Crippen LogP contribution >= 0.6 is 0 Å². The maximum Gasteiger partial charge on any atom is 0.259 e. The summed E-state index contributed by atoms with van der Waals surface area (Å²) in [6.07, 6.45) is 1.50. The zero-order chi connectivity index (χ0) is 23.5. The molecule has 0 unspecified atom stereocenters. The Kier molecular flexibility index (Phi) is 9.34. The first-order valence-corrected chi connectivity index (χ1v) is 10.1. The molecular weight excluding hydrogens is 414 g/mol. The first-order valence-electron chi connectivity index (χ1n) is 10.1. The minimum Gasteiger partial charge on any atom is -0.493 e. The van der Waals surface area contributed by atoms with Gasteiger partial charge in [-0.1, -0.05) is 0 Å². The highest BCUT2D eigenvalue weighted by Gasteiger charge is 2.12. The maximum atomic E-state index is 12.3. The van der Waals surface area contributed by atoms with Gasteiger partial charge in [0, 0.05) is 5.56 Å². The van der Waals surface area contributed by atoms with E-state index in [-0.39, 0.29) is 12.6 Å². The van der Waals surface area contributed by atoms with Crippen molar-refractivity contribution in [1.82, 2.24) is 10.7 Å². The molecule has 0 bridgehead atoms. The average Bonchev–Trinajstić information content (AvgIpc) is 2.78. The topological polar surface area (TPSA) is 107 Å². The maximum absolute atomic E-state index is 12.3. The van der Waals surface area contributed by atoms with Crippen molar-refractivity contribution in [3.05, 3.63) is 47.5 Å². The van der Waals surface area contributed by atoms with Gasteiger partial charge in [-0.15, -0.1) is 0 Å². The molecule has 0 saturated heterocycles. The summed E-state index contributed by atoms with van der Waals surface area (Å²) in [6.45, 7) is 6.01. The summed E-state index contributed by atoms with van der Waals surface area (Å²) in [5.41, 5.74) is 3.44. The Labute approximate surface area is 187 Å². The molecule has 0 spiro atoms. The van der Waals surface area contributed by atoms with E-state index in [1.807, 2.05) is 20.8 Å². The molecule has 172 valence electrons. The Morgan fingerprint density at radius 1 is 1.00 bits per heavy atom. The second-order valence-electron chi connectivity index (χ2n) is 6.85. The Balaban J connectivity index is 1.91. The van der Waals surface area contributed by atoms with E-state index in [0.29, 0.717) is 35.2 Å². The van der Waals surface area contributed by atoms with Gasteiger partial charge in [-0.3, -0.25) is 9.59 Å². The molecule has 9 nitrogen and oxygen atoms in total. The van der Waals surface area contributed by atoms with Crippen LogP contribution in [0.25, 0.3) is 0 Å². The molecule has 0 heterocycles. The monoisotopic (exact) mass is 443 g/mol. The lowest BCUT2D eigenvalue weighted by atomic mass is 10.2. The van der Waals surface area contributed by atoms with Crippen LogP contribution in [0.5, 0.6) is 23.0 Å². The van der Waals surface area contributed by atoms with Gasteiger partial charge in [0.05, 0.1) is 39.7 Å². The molecule has 0 saturated carbocycles. The van der Waals surface area contributed by atoms with Crippen LogP contribution in [0, 0.1) is 0 Å². The van der Waals surface area contributed by atoms with Gasteiger partial charge in [0.1, 0.15) is 0 Å². The predicted octanol–water partition coefficient (Wildman–Crippen LogP) is 2.77. The molecule has 0 aliphatic rings. The highest BCUT2D eigenvalue weighted by atomic mass is 16.5. The quantitative estimate of drug-likeness (QED) is 0.409. The Hall–Kier alpha value is -3.75. The number of nitrogens with one attached hydrogen (secondary N) is 2. The third-order valence-electron chi connectivity index (χ3n) is 4.09. The molecular formula is C23H29N3O6. The third-order valence-corrected chi connectivity index (χ3v) is 4.09. The van der Waals surface area contributed by atoms with Crippen molar-refractivity contribution in [1.29, 1.82) is 0 Å². The van der Waals surface area contributed by atoms with Crippen molar-refractivity contribution < 1.29 is 28.5 Å². The number of carbonyl (C=O) groups is 2. The van der Waals surface area contributed by atoms with Crippen LogP contribution in [-0.4, -0.2) is 51.5 Å². The number of hydrogen-bond donors (Lipinski definition) is 2. The van der Waals surface area contributed by atoms with Gasteiger partial charge in [-0.05, 0) is 62.7 Å². The van der Waals surface area contributed by atoms with Gasteiger partial charge < -0.3 is 24.3 Å². The number of benzene rings is 2. The van der Waals surface area contributed by atoms with Gasteiger partial charge in [-0.2, -0.15) is 5.10 Å². The lowest BCUT2D eigenvalue weighted by Crippen LogP contribution is -2.34. The molecule has 0 atom stereocenters. The van der Waals surface area contributed by atoms with E-state index in [4.69, 9.17) is 18.9 Å². The van der Waals surface area contributed by atoms with E-state index in [2.05, 4.69) is 15.8 Å². The number of carbonyl (C=O) groups excluding carboxylic acids is 2. The molecule has 2 aromatic rings. The summed E-state index contributed by atoms with van der Waals surface area (Å²) >= 11 is 0. The van der Waals surface area contributed by atoms with Crippen molar-refractivity contribution >= 4 is 18.0 Å². The number of methoxy groups -OCH3 is 2. The van der Waals surface area contributed by atoms with Crippen LogP contribution in [0.1, 0.15) is 36.7 Å². The number of nitrogens with zero attached hydrogens (tertiary/aromatic N) is 1. The van der Waals surface area contributed by atoms with E-state index in [1.54, 1.807) is 30.3 Å². The number of hydrogen-bond acceptors (Lipinski definition) is 7. The second-order valence-corrected chi connectivity index (χ2v) is 6.85. The molecule has 0 aliphatic heterocycles. The first-order chi connectivity index (χ1) is 15.4. The van der Waals surface area contributed by atoms with Crippen LogP contribution in [0.15, 0.2) is 41.5 Å². The molecule has 9 heteroatoms. The van der Waals surface area contributed by atoms with Crippen molar-refractivity contribution in [2.75, 3.05) is 27.4 Å². The number of ether oxygens (including phenoxy) is 4. The average molecular weight is 444 g/mol. The smallest absolute Gasteiger partial charge is 0.259 e. The summed E-state index contributed by atoms with van der Waals surface area (Å²) in [6, 6.07) is 10.1. The van der Waals surface area contributed by atoms with E-state index in [9.17, 15) is 9.59 Å². The minimum absolute atomic E-state index is 0.0159. The van der Waals surface area contributed by atoms with Crippen LogP contribution in [-0.2, 0) is 4.79 Å². The molecule has 0 aromatic heterocycles. The van der Waals surface area contributed by atoms with Crippen LogP contribution in [0.4, 0.5) is 0 Å². The SMILES string of the molecule is CCOc1cc(/C=N/NC(=O)CNC(=O)c2ccc(OC)c(OC)c2)ccc1OC(C)C. The summed E-state index contributed by atoms with van der Waals surface area (Å²) < 4.78 is 21.6. The van der Waals surface area contributed by atoms with Crippen LogP contribution in [0.3, 0.4) is 0 Å². The molecule has 0 fully saturated rings. The summed E-state index contributed by atoms with van der Waals surface area (Å²) in [7, 11) is 2.99. The molecule has 32 heavy (non-hydrogen) atoms. The largest absolute Gasteiger partial charge is 0.493 e. The van der Waals surface area contributed by atoms with Gasteiger partial charge >= 0.3 is 0 Å². The highest BCUT2D eigenvalue weighted by Crippen LogP contribution is 2.29. The van der Waals surface area contributed by atoms with E-state index in [0.717, 1.165) is 5.56 Å². The van der Waals surface area contributed by atoms with Crippen LogP contribution in [0.2, 0.25) is 0 Å². The van der Waals surface area contributed by atoms with E-state index >= 15 is 0 Å². The fourth-order valence-corrected chi connectivity index (χ4v) is 2.68. The second kappa shape index (κ2) is 12.2. The zero-order valence-corrected chi connectivity index (χ0v) is 18.9. The third kappa shape index (κ3) is 7.19. The highest BCUT2D eigenvalue weighted by molar-refractivity contribution is 5.97. The fraction of sp³-hybridized carbons (Fsp3) is 0.348. The fourth-order valence-electron chi connectivity index (χ4n) is 2.68. The van der Waals surface area contributed by atoms with Crippen molar-refractivity contribution in [3.63, 3.8) is 0 Å². The molecule has 2 N–H and O–H groups in total. The molecule has 2 amide bonds. The Morgan fingerprint density at radius 3 is 2.38 bits per heavy atom. The first kappa shape index (κ1) is 24.5. The van der Waals surface area contributed by atoms with Crippen molar-refractivity contribution in [2.45, 2.75) is 26.9 Å². The van der Waals surface area contributed by atoms with Gasteiger partial charge in [-0.25, -0.2) is 5.43 Å². The van der Waals surface area contributed by atoms with Gasteiger partial charge in [0.15, 0.2) is 23.0 Å². The van der Waals surface area contributed by atoms with Crippen molar-refractivity contribution in [3.8, 4) is 23.0 Å². The summed E-state index contributed by atoms with van der Waals surface area (Å²) in [5.74, 6) is 1.27. The number of rotatable bonds is 11. The number of amides is 2. The summed E-state index contributed by atoms with van der Waals surface area (Å²) in [5, 5.41) is 6.46. The standard InChI is InChI=1S/C23H29N3O6/c1-6-31-21-11-16(7-9-19(21)32-15(2)3)13-25-26-22(27)14-24-23(28)17-8-10-18(29-4)20(12-17)30-5/h7-13,15H,6,14H2,1-5H3,(H,24,28)(H,26,27)/b25-13+. The lowest BCUT2D eigenvalue weighted by Gasteiger charge is -2.14. The normalized spacial score (nSPS) is 10.7. The zero-order valence-electron chi connectivity index (χ0n) is 18.9. The number of hydrazone groups is 1. The molecule has 0 aliphatic carbocycles. The Bertz CT molecular complexity index is 959. The van der Waals surface area contributed by atoms with Crippen molar-refractivity contribution in [2.24, 2.45) is 5.10 Å². The molecule has 0 radical (unpaired) electrons. The van der Waals surface area contributed by atoms with E-state index in [1.165, 1.54) is 26.5 Å². The minimum atomic E-state index is -0.472. The Morgan fingerprint density at radius 2 is 1.72 bits per heavy atom.